The number of fused-ring (bicyclic) bond motifs is 1. The molecule has 3 rings (SSSR count). The molecule has 0 aliphatic heterocycles. The molecule has 0 aliphatic carbocycles. The van der Waals surface area contributed by atoms with Crippen LogP contribution in [-0.4, -0.2) is 27.7 Å². The lowest BCUT2D eigenvalue weighted by Crippen LogP contribution is -2.22. The molecule has 0 bridgehead atoms. The molecule has 2 aromatic carbocycles. The number of aliphatic hydroxyl groups excluding tert-OH is 2. The highest BCUT2D eigenvalue weighted by molar-refractivity contribution is 5.90. The van der Waals surface area contributed by atoms with Gasteiger partial charge in [0.15, 0.2) is 5.75 Å². The lowest BCUT2D eigenvalue weighted by atomic mass is 9.96. The fraction of sp³-hybridized carbons (Fsp3) is 0.182. The van der Waals surface area contributed by atoms with Gasteiger partial charge < -0.3 is 20.3 Å². The highest BCUT2D eigenvalue weighted by Gasteiger charge is 2.30. The lowest BCUT2D eigenvalue weighted by Gasteiger charge is -2.19. The van der Waals surface area contributed by atoms with E-state index in [2.05, 4.69) is 16.9 Å². The minimum absolute atomic E-state index is 0.00848. The number of rotatable bonds is 7. The van der Waals surface area contributed by atoms with Gasteiger partial charge in [0.05, 0.1) is 12.2 Å². The molecule has 0 spiro atoms. The monoisotopic (exact) mass is 432 g/mol. The highest BCUT2D eigenvalue weighted by atomic mass is 19.4. The first-order chi connectivity index (χ1) is 14.7. The van der Waals surface area contributed by atoms with Gasteiger partial charge in [-0.25, -0.2) is 0 Å². The zero-order valence-electron chi connectivity index (χ0n) is 16.2. The summed E-state index contributed by atoms with van der Waals surface area (Å²) >= 11 is 0. The Morgan fingerprint density at radius 3 is 2.58 bits per heavy atom. The largest absolute Gasteiger partial charge is 0.455 e. The first-order valence-electron chi connectivity index (χ1n) is 9.19. The van der Waals surface area contributed by atoms with Crippen LogP contribution in [-0.2, 0) is 17.5 Å². The Hall–Kier alpha value is -3.43. The molecule has 0 fully saturated rings. The number of benzene rings is 2. The van der Waals surface area contributed by atoms with E-state index in [1.807, 2.05) is 0 Å². The molecule has 6 nitrogen and oxygen atoms in total. The normalized spacial score (nSPS) is 12.4. The summed E-state index contributed by atoms with van der Waals surface area (Å²) < 4.78 is 44.2. The predicted octanol–water partition coefficient (Wildman–Crippen LogP) is 3.87. The molecular weight excluding hydrogens is 413 g/mol. The van der Waals surface area contributed by atoms with E-state index in [-0.39, 0.29) is 18.0 Å². The molecule has 9 heteroatoms. The summed E-state index contributed by atoms with van der Waals surface area (Å²) in [6, 6.07) is 8.99. The van der Waals surface area contributed by atoms with Gasteiger partial charge in [0.25, 0.3) is 0 Å². The summed E-state index contributed by atoms with van der Waals surface area (Å²) in [4.78, 5) is 15.9. The van der Waals surface area contributed by atoms with Crippen molar-refractivity contribution in [3.05, 3.63) is 78.0 Å². The van der Waals surface area contributed by atoms with E-state index < -0.39 is 30.4 Å². The van der Waals surface area contributed by atoms with Crippen LogP contribution >= 0.6 is 0 Å². The molecule has 3 aromatic rings. The summed E-state index contributed by atoms with van der Waals surface area (Å²) in [6.07, 6.45) is -3.13. The number of ether oxygens (including phenoxy) is 1. The van der Waals surface area contributed by atoms with Gasteiger partial charge in [-0.3, -0.25) is 9.78 Å². The lowest BCUT2D eigenvalue weighted by molar-refractivity contribution is -0.137. The van der Waals surface area contributed by atoms with Crippen LogP contribution in [0.3, 0.4) is 0 Å². The van der Waals surface area contributed by atoms with Crippen molar-refractivity contribution in [2.45, 2.75) is 18.8 Å². The van der Waals surface area contributed by atoms with Crippen LogP contribution in [0.15, 0.2) is 61.3 Å². The third-order valence-corrected chi connectivity index (χ3v) is 4.54. The second-order valence-electron chi connectivity index (χ2n) is 6.59. The zero-order valence-corrected chi connectivity index (χ0v) is 16.2. The molecule has 1 heterocycles. The highest BCUT2D eigenvalue weighted by Crippen LogP contribution is 2.37. The van der Waals surface area contributed by atoms with E-state index >= 15 is 0 Å². The van der Waals surface area contributed by atoms with Crippen molar-refractivity contribution >= 4 is 16.8 Å². The average Bonchev–Trinajstić information content (AvgIpc) is 2.76. The molecule has 1 amide bonds. The second-order valence-corrected chi connectivity index (χ2v) is 6.59. The van der Waals surface area contributed by atoms with Crippen LogP contribution in [0.2, 0.25) is 0 Å². The summed E-state index contributed by atoms with van der Waals surface area (Å²) in [6.45, 7) is 2.81. The molecule has 0 saturated carbocycles. The van der Waals surface area contributed by atoms with E-state index in [0.29, 0.717) is 22.0 Å². The van der Waals surface area contributed by atoms with Crippen molar-refractivity contribution in [1.82, 2.24) is 10.3 Å². The third-order valence-electron chi connectivity index (χ3n) is 4.54. The van der Waals surface area contributed by atoms with Crippen molar-refractivity contribution in [2.24, 2.45) is 0 Å². The third kappa shape index (κ3) is 5.01. The predicted molar refractivity (Wildman–Crippen MR) is 107 cm³/mol. The van der Waals surface area contributed by atoms with Gasteiger partial charge in [0.2, 0.25) is 5.91 Å². The van der Waals surface area contributed by atoms with Gasteiger partial charge in [-0.2, -0.15) is 13.2 Å². The Kier molecular flexibility index (Phi) is 6.57. The minimum atomic E-state index is -4.47. The Balaban J connectivity index is 2.08. The maximum absolute atomic E-state index is 12.8. The smallest absolute Gasteiger partial charge is 0.416 e. The molecular formula is C22H19F3N2O4. The number of hydrogen-bond donors (Lipinski definition) is 3. The topological polar surface area (TPSA) is 91.7 Å². The van der Waals surface area contributed by atoms with Gasteiger partial charge in [0, 0.05) is 18.1 Å². The summed E-state index contributed by atoms with van der Waals surface area (Å²) in [5, 5.41) is 22.9. The number of carbonyl (C=O) groups excluding carboxylic acids is 1. The molecule has 1 aromatic heterocycles. The first kappa shape index (κ1) is 22.3. The standard InChI is InChI=1S/C22H19F3N2O4/c1-2-19(30)27-11-13-10-18(31-15-7-5-14(6-8-15)22(23,24)25)21-16(4-3-9-26-21)20(13)17(29)12-28/h2-10,17,28-29H,1,11-12H2,(H,27,30). The minimum Gasteiger partial charge on any atom is -0.455 e. The van der Waals surface area contributed by atoms with Gasteiger partial charge in [-0.15, -0.1) is 0 Å². The number of aliphatic hydroxyl groups is 2. The second kappa shape index (κ2) is 9.15. The van der Waals surface area contributed by atoms with Gasteiger partial charge >= 0.3 is 6.18 Å². The fourth-order valence-electron chi connectivity index (χ4n) is 3.10. The zero-order chi connectivity index (χ0) is 22.6. The Morgan fingerprint density at radius 1 is 1.26 bits per heavy atom. The summed E-state index contributed by atoms with van der Waals surface area (Å²) in [5.41, 5.74) is 0.328. The van der Waals surface area contributed by atoms with E-state index in [4.69, 9.17) is 4.74 Å². The Labute approximate surface area is 175 Å². The summed E-state index contributed by atoms with van der Waals surface area (Å²) in [5.74, 6) is -0.0792. The van der Waals surface area contributed by atoms with E-state index in [1.54, 1.807) is 12.1 Å². The van der Waals surface area contributed by atoms with Crippen LogP contribution in [0.1, 0.15) is 22.8 Å². The van der Waals surface area contributed by atoms with Crippen LogP contribution in [0.4, 0.5) is 13.2 Å². The number of aromatic nitrogens is 1. The first-order valence-corrected chi connectivity index (χ1v) is 9.19. The van der Waals surface area contributed by atoms with E-state index in [1.165, 1.54) is 24.4 Å². The number of halogens is 3. The number of alkyl halides is 3. The Bertz CT molecular complexity index is 1100. The molecule has 1 unspecified atom stereocenters. The number of hydrogen-bond acceptors (Lipinski definition) is 5. The van der Waals surface area contributed by atoms with Crippen LogP contribution < -0.4 is 10.1 Å². The van der Waals surface area contributed by atoms with Gasteiger partial charge in [-0.1, -0.05) is 12.6 Å². The average molecular weight is 432 g/mol. The molecule has 31 heavy (non-hydrogen) atoms. The molecule has 0 aliphatic rings. The maximum Gasteiger partial charge on any atom is 0.416 e. The fourth-order valence-corrected chi connectivity index (χ4v) is 3.10. The van der Waals surface area contributed by atoms with Crippen LogP contribution in [0.5, 0.6) is 11.5 Å². The van der Waals surface area contributed by atoms with Crippen molar-refractivity contribution in [3.8, 4) is 11.5 Å². The number of carbonyl (C=O) groups is 1. The van der Waals surface area contributed by atoms with Crippen LogP contribution in [0.25, 0.3) is 10.9 Å². The van der Waals surface area contributed by atoms with E-state index in [9.17, 15) is 28.2 Å². The molecule has 162 valence electrons. The van der Waals surface area contributed by atoms with Crippen molar-refractivity contribution < 1.29 is 32.9 Å². The summed E-state index contributed by atoms with van der Waals surface area (Å²) in [7, 11) is 0. The SMILES string of the molecule is C=CC(=O)NCc1cc(Oc2ccc(C(F)(F)F)cc2)c2ncccc2c1C(O)CO. The maximum atomic E-state index is 12.8. The molecule has 3 N–H and O–H groups in total. The molecule has 0 saturated heterocycles. The van der Waals surface area contributed by atoms with Gasteiger partial charge in [0.1, 0.15) is 17.4 Å². The van der Waals surface area contributed by atoms with Gasteiger partial charge in [-0.05, 0) is 53.6 Å². The quantitative estimate of drug-likeness (QED) is 0.493. The number of nitrogens with zero attached hydrogens (tertiary/aromatic N) is 1. The van der Waals surface area contributed by atoms with E-state index in [0.717, 1.165) is 18.2 Å². The number of pyridine rings is 1. The molecule has 0 radical (unpaired) electrons. The van der Waals surface area contributed by atoms with Crippen molar-refractivity contribution in [2.75, 3.05) is 6.61 Å². The number of amides is 1. The van der Waals surface area contributed by atoms with Crippen LogP contribution in [0, 0.1) is 0 Å². The number of nitrogens with one attached hydrogen (secondary N) is 1. The Morgan fingerprint density at radius 2 is 1.97 bits per heavy atom. The van der Waals surface area contributed by atoms with Crippen molar-refractivity contribution in [3.63, 3.8) is 0 Å². The van der Waals surface area contributed by atoms with Crippen molar-refractivity contribution in [1.29, 1.82) is 0 Å². The molecule has 1 atom stereocenters.